The van der Waals surface area contributed by atoms with Crippen LogP contribution in [0.1, 0.15) is 13.8 Å². The highest BCUT2D eigenvalue weighted by Crippen LogP contribution is 2.09. The zero-order valence-corrected chi connectivity index (χ0v) is 6.98. The van der Waals surface area contributed by atoms with Crippen LogP contribution in [0.15, 0.2) is 5.70 Å². The van der Waals surface area contributed by atoms with Gasteiger partial charge in [0.15, 0.2) is 0 Å². The predicted molar refractivity (Wildman–Crippen MR) is 43.8 cm³/mol. The minimum absolute atomic E-state index is 0.168. The summed E-state index contributed by atoms with van der Waals surface area (Å²) in [6, 6.07) is 0.168. The average molecular weight is 154 g/mol. The van der Waals surface area contributed by atoms with E-state index in [2.05, 4.69) is 24.5 Å². The first-order chi connectivity index (χ1) is 5.25. The molecule has 1 saturated heterocycles. The van der Waals surface area contributed by atoms with Crippen molar-refractivity contribution in [2.75, 3.05) is 13.1 Å². The maximum absolute atomic E-state index is 10.4. The van der Waals surface area contributed by atoms with Gasteiger partial charge >= 0.3 is 0 Å². The molecule has 0 bridgehead atoms. The lowest BCUT2D eigenvalue weighted by atomic mass is 10.00. The van der Waals surface area contributed by atoms with Gasteiger partial charge in [-0.05, 0) is 5.92 Å². The van der Waals surface area contributed by atoms with Crippen LogP contribution in [0.2, 0.25) is 0 Å². The molecule has 0 aromatic rings. The maximum atomic E-state index is 10.4. The lowest BCUT2D eigenvalue weighted by Crippen LogP contribution is -2.49. The van der Waals surface area contributed by atoms with E-state index in [0.29, 0.717) is 11.6 Å². The molecule has 1 aliphatic heterocycles. The second-order valence-electron chi connectivity index (χ2n) is 3.12. The number of nitrogens with one attached hydrogen (secondary N) is 2. The molecule has 0 amide bonds. The molecule has 11 heavy (non-hydrogen) atoms. The van der Waals surface area contributed by atoms with Crippen molar-refractivity contribution in [3.63, 3.8) is 0 Å². The van der Waals surface area contributed by atoms with Crippen LogP contribution in [0.5, 0.6) is 0 Å². The zero-order chi connectivity index (χ0) is 8.27. The van der Waals surface area contributed by atoms with E-state index in [1.807, 2.05) is 5.94 Å². The van der Waals surface area contributed by atoms with Crippen molar-refractivity contribution in [1.29, 1.82) is 0 Å². The van der Waals surface area contributed by atoms with E-state index in [4.69, 9.17) is 0 Å². The van der Waals surface area contributed by atoms with Crippen molar-refractivity contribution in [2.24, 2.45) is 5.92 Å². The molecule has 1 heterocycles. The van der Waals surface area contributed by atoms with Gasteiger partial charge in [0.2, 0.25) is 0 Å². The highest BCUT2D eigenvalue weighted by atomic mass is 16.1. The highest BCUT2D eigenvalue weighted by Gasteiger charge is 2.21. The Bertz CT molecular complexity index is 183. The van der Waals surface area contributed by atoms with Crippen molar-refractivity contribution >= 4 is 5.94 Å². The third-order valence-corrected chi connectivity index (χ3v) is 1.89. The van der Waals surface area contributed by atoms with Crippen molar-refractivity contribution in [2.45, 2.75) is 19.9 Å². The second kappa shape index (κ2) is 3.56. The molecule has 0 radical (unpaired) electrons. The molecule has 1 unspecified atom stereocenters. The van der Waals surface area contributed by atoms with Gasteiger partial charge in [0.25, 0.3) is 0 Å². The van der Waals surface area contributed by atoms with Crippen LogP contribution in [0, 0.1) is 5.92 Å². The Labute approximate surface area is 66.9 Å². The minimum atomic E-state index is 0.168. The van der Waals surface area contributed by atoms with Gasteiger partial charge in [0, 0.05) is 13.1 Å². The van der Waals surface area contributed by atoms with Gasteiger partial charge in [-0.3, -0.25) is 0 Å². The third-order valence-electron chi connectivity index (χ3n) is 1.89. The Hall–Kier alpha value is -0.790. The molecular formula is C8H14N2O. The van der Waals surface area contributed by atoms with Gasteiger partial charge in [-0.2, -0.15) is 0 Å². The van der Waals surface area contributed by atoms with Crippen molar-refractivity contribution in [1.82, 2.24) is 10.6 Å². The molecule has 1 aliphatic rings. The summed E-state index contributed by atoms with van der Waals surface area (Å²) in [6.45, 7) is 5.92. The Balaban J connectivity index is 2.67. The van der Waals surface area contributed by atoms with Crippen molar-refractivity contribution < 1.29 is 4.79 Å². The average Bonchev–Trinajstić information content (AvgIpc) is 2.04. The topological polar surface area (TPSA) is 41.1 Å². The zero-order valence-electron chi connectivity index (χ0n) is 6.98. The second-order valence-corrected chi connectivity index (χ2v) is 3.12. The van der Waals surface area contributed by atoms with E-state index < -0.39 is 0 Å². The van der Waals surface area contributed by atoms with Crippen LogP contribution in [0.25, 0.3) is 0 Å². The standard InChI is InChI=1S/C8H14N2O/c1-6(2)8-7(5-11)9-3-4-10-8/h6,8-10H,3-4H2,1-2H3. The first kappa shape index (κ1) is 8.31. The van der Waals surface area contributed by atoms with Crippen LogP contribution in [0.4, 0.5) is 0 Å². The Morgan fingerprint density at radius 1 is 1.55 bits per heavy atom. The van der Waals surface area contributed by atoms with Gasteiger partial charge in [-0.25, -0.2) is 4.79 Å². The maximum Gasteiger partial charge on any atom is 0.147 e. The summed E-state index contributed by atoms with van der Waals surface area (Å²) in [4.78, 5) is 10.4. The van der Waals surface area contributed by atoms with Crippen LogP contribution < -0.4 is 10.6 Å². The quantitative estimate of drug-likeness (QED) is 0.519. The molecule has 0 spiro atoms. The van der Waals surface area contributed by atoms with Crippen LogP contribution >= 0.6 is 0 Å². The van der Waals surface area contributed by atoms with E-state index in [0.717, 1.165) is 13.1 Å². The molecule has 1 rings (SSSR count). The first-order valence-electron chi connectivity index (χ1n) is 3.98. The number of carbonyl (C=O) groups excluding carboxylic acids is 1. The van der Waals surface area contributed by atoms with Crippen molar-refractivity contribution in [3.05, 3.63) is 5.70 Å². The monoisotopic (exact) mass is 154 g/mol. The molecule has 0 aromatic heterocycles. The molecule has 1 fully saturated rings. The molecule has 62 valence electrons. The molecule has 0 saturated carbocycles. The molecular weight excluding hydrogens is 140 g/mol. The third kappa shape index (κ3) is 1.82. The lowest BCUT2D eigenvalue weighted by Gasteiger charge is -2.28. The summed E-state index contributed by atoms with van der Waals surface area (Å²) in [5, 5.41) is 6.29. The lowest BCUT2D eigenvalue weighted by molar-refractivity contribution is 0.393. The minimum Gasteiger partial charge on any atom is -0.377 e. The van der Waals surface area contributed by atoms with E-state index in [1.54, 1.807) is 0 Å². The summed E-state index contributed by atoms with van der Waals surface area (Å²) in [7, 11) is 0. The van der Waals surface area contributed by atoms with Gasteiger partial charge in [-0.15, -0.1) is 0 Å². The summed E-state index contributed by atoms with van der Waals surface area (Å²) in [5.74, 6) is 2.37. The number of rotatable bonds is 1. The van der Waals surface area contributed by atoms with E-state index in [9.17, 15) is 4.79 Å². The fourth-order valence-corrected chi connectivity index (χ4v) is 1.31. The first-order valence-corrected chi connectivity index (χ1v) is 3.98. The van der Waals surface area contributed by atoms with Crippen LogP contribution in [-0.4, -0.2) is 25.1 Å². The van der Waals surface area contributed by atoms with Crippen LogP contribution in [-0.2, 0) is 4.79 Å². The molecule has 0 aromatic carbocycles. The van der Waals surface area contributed by atoms with Crippen molar-refractivity contribution in [3.8, 4) is 0 Å². The molecule has 3 nitrogen and oxygen atoms in total. The molecule has 0 aliphatic carbocycles. The summed E-state index contributed by atoms with van der Waals surface area (Å²) in [6.07, 6.45) is 0. The van der Waals surface area contributed by atoms with Crippen LogP contribution in [0.3, 0.4) is 0 Å². The molecule has 1 atom stereocenters. The summed E-state index contributed by atoms with van der Waals surface area (Å²) in [5.41, 5.74) is 0.672. The fourth-order valence-electron chi connectivity index (χ4n) is 1.31. The fraction of sp³-hybridized carbons (Fsp3) is 0.750. The normalized spacial score (nSPS) is 24.6. The molecule has 2 N–H and O–H groups in total. The smallest absolute Gasteiger partial charge is 0.147 e. The molecule has 3 heteroatoms. The van der Waals surface area contributed by atoms with Gasteiger partial charge in [0.05, 0.1) is 6.04 Å². The van der Waals surface area contributed by atoms with Gasteiger partial charge in [-0.1, -0.05) is 13.8 Å². The Morgan fingerprint density at radius 2 is 2.27 bits per heavy atom. The number of hydrogen-bond donors (Lipinski definition) is 2. The predicted octanol–water partition coefficient (Wildman–Crippen LogP) is -0.0807. The largest absolute Gasteiger partial charge is 0.377 e. The Kier molecular flexibility index (Phi) is 2.69. The SMILES string of the molecule is CC(C)C1NCCNC1=C=O. The van der Waals surface area contributed by atoms with E-state index in [-0.39, 0.29) is 6.04 Å². The van der Waals surface area contributed by atoms with E-state index in [1.165, 1.54) is 0 Å². The van der Waals surface area contributed by atoms with Gasteiger partial charge in [0.1, 0.15) is 11.6 Å². The highest BCUT2D eigenvalue weighted by molar-refractivity contribution is 5.54. The summed E-state index contributed by atoms with van der Waals surface area (Å²) >= 11 is 0. The number of hydrogen-bond acceptors (Lipinski definition) is 3. The number of piperazine rings is 1. The summed E-state index contributed by atoms with van der Waals surface area (Å²) < 4.78 is 0. The van der Waals surface area contributed by atoms with Gasteiger partial charge < -0.3 is 10.6 Å². The Morgan fingerprint density at radius 3 is 2.73 bits per heavy atom. The van der Waals surface area contributed by atoms with E-state index >= 15 is 0 Å².